The van der Waals surface area contributed by atoms with Crippen LogP contribution >= 0.6 is 23.5 Å². The maximum atomic E-state index is 3.84. The Morgan fingerprint density at radius 2 is 2.36 bits per heavy atom. The molecule has 0 bridgehead atoms. The Balaban J connectivity index is 2.32. The highest BCUT2D eigenvalue weighted by molar-refractivity contribution is 8.15. The second-order valence-electron chi connectivity index (χ2n) is 1.84. The minimum absolute atomic E-state index is 0.881. The lowest BCUT2D eigenvalue weighted by molar-refractivity contribution is 0.665. The molecule has 0 aliphatic rings. The second kappa shape index (κ2) is 4.61. The first-order valence-electron chi connectivity index (χ1n) is 3.27. The molecule has 11 heavy (non-hydrogen) atoms. The fourth-order valence-corrected chi connectivity index (χ4v) is 2.26. The first kappa shape index (κ1) is 8.86. The third-order valence-electron chi connectivity index (χ3n) is 1.06. The Hall–Kier alpha value is -0.230. The summed E-state index contributed by atoms with van der Waals surface area (Å²) in [7, 11) is 1.85. The Bertz CT molecular complexity index is 212. The minimum Gasteiger partial charge on any atom is -0.224 e. The number of rotatable bonds is 4. The molecule has 1 heterocycles. The molecule has 0 aliphatic carbocycles. The lowest BCUT2D eigenvalue weighted by Gasteiger charge is -1.95. The highest BCUT2D eigenvalue weighted by atomic mass is 32.2. The summed E-state index contributed by atoms with van der Waals surface area (Å²) in [6, 6.07) is 0. The van der Waals surface area contributed by atoms with Crippen LogP contribution in [0, 0.1) is 0 Å². The van der Waals surface area contributed by atoms with Crippen LogP contribution in [0.1, 0.15) is 6.92 Å². The smallest absolute Gasteiger partial charge is 0.209 e. The van der Waals surface area contributed by atoms with Gasteiger partial charge in [0, 0.05) is 12.1 Å². The molecule has 62 valence electrons. The van der Waals surface area contributed by atoms with Gasteiger partial charge in [-0.3, -0.25) is 0 Å². The van der Waals surface area contributed by atoms with E-state index in [-0.39, 0.29) is 0 Å². The zero-order chi connectivity index (χ0) is 8.10. The van der Waals surface area contributed by atoms with E-state index in [0.717, 1.165) is 16.0 Å². The maximum absolute atomic E-state index is 3.84. The van der Waals surface area contributed by atoms with Crippen molar-refractivity contribution in [2.45, 2.75) is 12.1 Å². The van der Waals surface area contributed by atoms with Gasteiger partial charge in [-0.1, -0.05) is 18.7 Å². The molecule has 0 N–H and O–H groups in total. The summed E-state index contributed by atoms with van der Waals surface area (Å²) in [6.07, 6.45) is 0. The summed E-state index contributed by atoms with van der Waals surface area (Å²) in [5.74, 6) is 1.14. The Labute approximate surface area is 74.1 Å². The SMILES string of the molecule is CCSCSc1nnnn1C. The largest absolute Gasteiger partial charge is 0.224 e. The number of hydrogen-bond acceptors (Lipinski definition) is 5. The average molecular weight is 190 g/mol. The molecule has 0 saturated carbocycles. The van der Waals surface area contributed by atoms with Gasteiger partial charge in [-0.05, 0) is 16.2 Å². The van der Waals surface area contributed by atoms with Gasteiger partial charge in [0.25, 0.3) is 0 Å². The van der Waals surface area contributed by atoms with Gasteiger partial charge in [-0.25, -0.2) is 4.68 Å². The molecule has 0 saturated heterocycles. The van der Waals surface area contributed by atoms with E-state index in [1.165, 1.54) is 0 Å². The van der Waals surface area contributed by atoms with Crippen molar-refractivity contribution in [2.24, 2.45) is 7.05 Å². The Kier molecular flexibility index (Phi) is 3.71. The van der Waals surface area contributed by atoms with Gasteiger partial charge in [0.05, 0.1) is 0 Å². The van der Waals surface area contributed by atoms with Crippen LogP contribution in [0.3, 0.4) is 0 Å². The van der Waals surface area contributed by atoms with Crippen molar-refractivity contribution in [3.8, 4) is 0 Å². The Morgan fingerprint density at radius 3 is 2.91 bits per heavy atom. The molecule has 1 aromatic rings. The number of aryl methyl sites for hydroxylation is 1. The van der Waals surface area contributed by atoms with Crippen LogP contribution in [0.25, 0.3) is 0 Å². The molecule has 0 aromatic carbocycles. The standard InChI is InChI=1S/C5H10N4S2/c1-3-10-4-11-5-6-7-8-9(5)2/h3-4H2,1-2H3. The number of nitrogens with zero attached hydrogens (tertiary/aromatic N) is 4. The number of aromatic nitrogens is 4. The van der Waals surface area contributed by atoms with E-state index in [1.54, 1.807) is 16.4 Å². The highest BCUT2D eigenvalue weighted by Gasteiger charge is 2.00. The van der Waals surface area contributed by atoms with Crippen LogP contribution in [0.15, 0.2) is 5.16 Å². The van der Waals surface area contributed by atoms with Gasteiger partial charge in [0.15, 0.2) is 0 Å². The van der Waals surface area contributed by atoms with Crippen LogP contribution in [-0.4, -0.2) is 31.0 Å². The summed E-state index contributed by atoms with van der Waals surface area (Å²) >= 11 is 3.54. The fraction of sp³-hybridized carbons (Fsp3) is 0.800. The molecule has 0 spiro atoms. The van der Waals surface area contributed by atoms with E-state index in [2.05, 4.69) is 22.4 Å². The molecule has 1 rings (SSSR count). The summed E-state index contributed by atoms with van der Waals surface area (Å²) in [5.41, 5.74) is 0. The molecule has 6 heteroatoms. The average Bonchev–Trinajstić information content (AvgIpc) is 2.37. The second-order valence-corrected chi connectivity index (χ2v) is 4.42. The van der Waals surface area contributed by atoms with E-state index in [1.807, 2.05) is 18.8 Å². The first-order chi connectivity index (χ1) is 5.34. The third kappa shape index (κ3) is 2.70. The van der Waals surface area contributed by atoms with Gasteiger partial charge >= 0.3 is 0 Å². The molecular formula is C5H10N4S2. The molecule has 4 nitrogen and oxygen atoms in total. The normalized spacial score (nSPS) is 10.4. The first-order valence-corrected chi connectivity index (χ1v) is 5.41. The number of tetrazole rings is 1. The molecule has 0 aliphatic heterocycles. The number of hydrogen-bond donors (Lipinski definition) is 0. The lowest BCUT2D eigenvalue weighted by atomic mass is 11.0. The lowest BCUT2D eigenvalue weighted by Crippen LogP contribution is -1.92. The van der Waals surface area contributed by atoms with Crippen molar-refractivity contribution >= 4 is 23.5 Å². The van der Waals surface area contributed by atoms with Crippen LogP contribution < -0.4 is 0 Å². The highest BCUT2D eigenvalue weighted by Crippen LogP contribution is 2.18. The topological polar surface area (TPSA) is 43.6 Å². The zero-order valence-corrected chi connectivity index (χ0v) is 8.15. The van der Waals surface area contributed by atoms with Crippen molar-refractivity contribution in [3.05, 3.63) is 0 Å². The predicted octanol–water partition coefficient (Wildman–Crippen LogP) is 1.01. The van der Waals surface area contributed by atoms with Crippen LogP contribution in [0.5, 0.6) is 0 Å². The monoisotopic (exact) mass is 190 g/mol. The van der Waals surface area contributed by atoms with E-state index in [4.69, 9.17) is 0 Å². The molecular weight excluding hydrogens is 180 g/mol. The minimum atomic E-state index is 0.881. The maximum Gasteiger partial charge on any atom is 0.209 e. The van der Waals surface area contributed by atoms with Crippen molar-refractivity contribution in [1.82, 2.24) is 20.2 Å². The van der Waals surface area contributed by atoms with Crippen LogP contribution in [0.4, 0.5) is 0 Å². The van der Waals surface area contributed by atoms with Gasteiger partial charge < -0.3 is 0 Å². The Morgan fingerprint density at radius 1 is 1.55 bits per heavy atom. The van der Waals surface area contributed by atoms with Crippen molar-refractivity contribution in [2.75, 3.05) is 10.8 Å². The van der Waals surface area contributed by atoms with Crippen molar-refractivity contribution < 1.29 is 0 Å². The summed E-state index contributed by atoms with van der Waals surface area (Å²) in [5, 5.41) is 13.0. The molecule has 0 unspecified atom stereocenters. The van der Waals surface area contributed by atoms with E-state index in [0.29, 0.717) is 0 Å². The summed E-state index contributed by atoms with van der Waals surface area (Å²) in [6.45, 7) is 2.14. The zero-order valence-electron chi connectivity index (χ0n) is 6.52. The predicted molar refractivity (Wildman–Crippen MR) is 47.7 cm³/mol. The van der Waals surface area contributed by atoms with E-state index >= 15 is 0 Å². The summed E-state index contributed by atoms with van der Waals surface area (Å²) in [4.78, 5) is 0. The van der Waals surface area contributed by atoms with Crippen molar-refractivity contribution in [3.63, 3.8) is 0 Å². The van der Waals surface area contributed by atoms with Gasteiger partial charge in [0.1, 0.15) is 0 Å². The number of thioether (sulfide) groups is 2. The molecule has 0 fully saturated rings. The summed E-state index contributed by atoms with van der Waals surface area (Å²) < 4.78 is 1.68. The van der Waals surface area contributed by atoms with E-state index in [9.17, 15) is 0 Å². The molecule has 0 atom stereocenters. The molecule has 0 radical (unpaired) electrons. The molecule has 0 amide bonds. The quantitative estimate of drug-likeness (QED) is 0.403. The van der Waals surface area contributed by atoms with Gasteiger partial charge in [-0.15, -0.1) is 5.10 Å². The van der Waals surface area contributed by atoms with E-state index < -0.39 is 0 Å². The van der Waals surface area contributed by atoms with Gasteiger partial charge in [-0.2, -0.15) is 11.8 Å². The third-order valence-corrected chi connectivity index (χ3v) is 3.21. The fourth-order valence-electron chi connectivity index (χ4n) is 0.521. The van der Waals surface area contributed by atoms with Crippen molar-refractivity contribution in [1.29, 1.82) is 0 Å². The van der Waals surface area contributed by atoms with Gasteiger partial charge in [0.2, 0.25) is 5.16 Å². The molecule has 1 aromatic heterocycles. The van der Waals surface area contributed by atoms with Crippen LogP contribution in [-0.2, 0) is 7.05 Å². The van der Waals surface area contributed by atoms with Crippen LogP contribution in [0.2, 0.25) is 0 Å².